The van der Waals surface area contributed by atoms with Crippen LogP contribution in [-0.2, 0) is 23.7 Å². The van der Waals surface area contributed by atoms with E-state index in [9.17, 15) is 101 Å². The molecule has 2 fully saturated rings. The summed E-state index contributed by atoms with van der Waals surface area (Å²) in [4.78, 5) is 53.2. The van der Waals surface area contributed by atoms with Crippen molar-refractivity contribution in [3.05, 3.63) is 70.3 Å². The molecule has 11 atom stereocenters. The van der Waals surface area contributed by atoms with Crippen LogP contribution in [0.1, 0.15) is 73.4 Å². The summed E-state index contributed by atoms with van der Waals surface area (Å²) < 4.78 is 32.9. The number of esters is 3. The second-order valence-corrected chi connectivity index (χ2v) is 16.1. The fourth-order valence-electron chi connectivity index (χ4n) is 7.27. The number of Topliss-reactive ketones (excluding diaryl/α,β-unsaturated/α-hetero) is 1. The van der Waals surface area contributed by atoms with Crippen molar-refractivity contribution in [1.82, 2.24) is 0 Å². The first-order valence-corrected chi connectivity index (χ1v) is 20.7. The minimum atomic E-state index is -2.36. The van der Waals surface area contributed by atoms with Gasteiger partial charge < -0.3 is 110 Å². The molecule has 0 unspecified atom stereocenters. The lowest BCUT2D eigenvalue weighted by Crippen LogP contribution is -2.60. The summed E-state index contributed by atoms with van der Waals surface area (Å²) in [7, 11) is 0. The lowest BCUT2D eigenvalue weighted by atomic mass is 9.87. The highest BCUT2D eigenvalue weighted by Gasteiger charge is 2.51. The third-order valence-electron chi connectivity index (χ3n) is 11.4. The number of rotatable bonds is 14. The number of phenols is 11. The van der Waals surface area contributed by atoms with Crippen molar-refractivity contribution in [2.24, 2.45) is 5.92 Å². The van der Waals surface area contributed by atoms with E-state index in [1.165, 1.54) is 6.92 Å². The van der Waals surface area contributed by atoms with Crippen molar-refractivity contribution in [2.75, 3.05) is 13.2 Å². The molecule has 0 aromatic heterocycles. The first-order valence-electron chi connectivity index (χ1n) is 20.7. The Morgan fingerprint density at radius 2 is 0.971 bits per heavy atom. The number of benzene rings is 4. The number of hydrogen-bond donors (Lipinski definition) is 16. The van der Waals surface area contributed by atoms with Gasteiger partial charge in [-0.05, 0) is 42.8 Å². The molecule has 70 heavy (non-hydrogen) atoms. The van der Waals surface area contributed by atoms with E-state index in [1.54, 1.807) is 6.92 Å². The smallest absolute Gasteiger partial charge is 0.338 e. The summed E-state index contributed by atoms with van der Waals surface area (Å²) in [5.41, 5.74) is -3.35. The van der Waals surface area contributed by atoms with Crippen LogP contribution in [0, 0.1) is 5.92 Å². The first-order chi connectivity index (χ1) is 32.9. The van der Waals surface area contributed by atoms with Gasteiger partial charge in [0.05, 0.1) is 22.3 Å². The van der Waals surface area contributed by atoms with Crippen LogP contribution in [0.25, 0.3) is 0 Å². The second kappa shape index (κ2) is 20.5. The Morgan fingerprint density at radius 1 is 0.529 bits per heavy atom. The molecule has 16 N–H and O–H groups in total. The van der Waals surface area contributed by atoms with Crippen molar-refractivity contribution >= 4 is 23.7 Å². The number of aliphatic hydroxyl groups is 5. The third kappa shape index (κ3) is 10.2. The number of ketones is 1. The maximum absolute atomic E-state index is 14.0. The number of carbonyl (C=O) groups is 4. The van der Waals surface area contributed by atoms with Gasteiger partial charge in [-0.15, -0.1) is 0 Å². The molecule has 2 heterocycles. The zero-order chi connectivity index (χ0) is 51.8. The highest BCUT2D eigenvalue weighted by Crippen LogP contribution is 2.48. The Hall–Kier alpha value is -7.72. The number of hydrogen-bond acceptors (Lipinski definition) is 26. The average molecular weight is 991 g/mol. The molecule has 0 saturated carbocycles. The van der Waals surface area contributed by atoms with Crippen LogP contribution in [0.4, 0.5) is 0 Å². The van der Waals surface area contributed by atoms with E-state index in [0.717, 1.165) is 12.1 Å². The number of phenolic OH excluding ortho intramolecular Hbond substituents is 11. The molecule has 0 radical (unpaired) electrons. The topological polar surface area (TPSA) is 447 Å². The van der Waals surface area contributed by atoms with Gasteiger partial charge in [-0.3, -0.25) is 4.79 Å². The number of carbonyl (C=O) groups excluding carboxylic acids is 4. The van der Waals surface area contributed by atoms with Gasteiger partial charge in [0.25, 0.3) is 0 Å². The summed E-state index contributed by atoms with van der Waals surface area (Å²) in [5, 5.41) is 167. The minimum Gasteiger partial charge on any atom is -0.507 e. The molecule has 4 aromatic carbocycles. The summed E-state index contributed by atoms with van der Waals surface area (Å²) >= 11 is 0. The Balaban J connectivity index is 1.33. The largest absolute Gasteiger partial charge is 0.507 e. The SMILES string of the molecule is CC[C@H](C)C(=O)c1c(O[C@@H]2O[C@H](COC(=O)c3cc(O)c(O)c(O)c3)[C@@H](O)[C@H](O)[C@H]2O)cc(O)c([C@@H]2O[C@H](COC(=O)c3cc(O)c(O)c(O)c3)[C@@H](OC(=O)c3cc(O)c(O)c(O)c3)[C@H](O)[C@H]2O)c1O. The predicted octanol–water partition coefficient (Wildman–Crippen LogP) is -0.0353. The predicted molar refractivity (Wildman–Crippen MR) is 225 cm³/mol. The van der Waals surface area contributed by atoms with Crippen molar-refractivity contribution in [3.8, 4) is 69.0 Å². The maximum atomic E-state index is 14.0. The summed E-state index contributed by atoms with van der Waals surface area (Å²) in [6, 6.07) is 4.80. The summed E-state index contributed by atoms with van der Waals surface area (Å²) in [6.07, 6.45) is -21.0. The van der Waals surface area contributed by atoms with Gasteiger partial charge in [0.1, 0.15) is 84.9 Å². The van der Waals surface area contributed by atoms with Crippen LogP contribution < -0.4 is 4.74 Å². The zero-order valence-electron chi connectivity index (χ0n) is 36.3. The molecule has 2 aliphatic heterocycles. The molecular formula is C44H46O26. The monoisotopic (exact) mass is 990 g/mol. The molecule has 6 rings (SSSR count). The summed E-state index contributed by atoms with van der Waals surface area (Å²) in [5.74, 6) is -17.7. The van der Waals surface area contributed by atoms with Crippen molar-refractivity contribution in [1.29, 1.82) is 0 Å². The van der Waals surface area contributed by atoms with Crippen molar-refractivity contribution in [3.63, 3.8) is 0 Å². The van der Waals surface area contributed by atoms with Crippen molar-refractivity contribution in [2.45, 2.75) is 81.5 Å². The lowest BCUT2D eigenvalue weighted by Gasteiger charge is -2.42. The number of aliphatic hydroxyl groups excluding tert-OH is 5. The fraction of sp³-hybridized carbons (Fsp3) is 0.364. The molecule has 26 nitrogen and oxygen atoms in total. The van der Waals surface area contributed by atoms with Gasteiger partial charge in [-0.1, -0.05) is 13.8 Å². The average Bonchev–Trinajstić information content (AvgIpc) is 3.31. The van der Waals surface area contributed by atoms with E-state index in [4.69, 9.17) is 28.4 Å². The van der Waals surface area contributed by atoms with Crippen LogP contribution in [-0.4, -0.2) is 174 Å². The van der Waals surface area contributed by atoms with Crippen LogP contribution in [0.3, 0.4) is 0 Å². The van der Waals surface area contributed by atoms with E-state index < -0.39 is 201 Å². The molecule has 4 aromatic rings. The maximum Gasteiger partial charge on any atom is 0.338 e. The Morgan fingerprint density at radius 3 is 1.43 bits per heavy atom. The first kappa shape index (κ1) is 51.7. The highest BCUT2D eigenvalue weighted by molar-refractivity contribution is 6.03. The van der Waals surface area contributed by atoms with E-state index in [2.05, 4.69) is 0 Å². The Bertz CT molecular complexity index is 2600. The molecule has 2 saturated heterocycles. The van der Waals surface area contributed by atoms with Gasteiger partial charge in [0.15, 0.2) is 63.6 Å². The van der Waals surface area contributed by atoms with Crippen LogP contribution in [0.2, 0.25) is 0 Å². The third-order valence-corrected chi connectivity index (χ3v) is 11.4. The zero-order valence-corrected chi connectivity index (χ0v) is 36.3. The number of ether oxygens (including phenoxy) is 6. The van der Waals surface area contributed by atoms with Gasteiger partial charge in [0.2, 0.25) is 6.29 Å². The van der Waals surface area contributed by atoms with Crippen LogP contribution in [0.15, 0.2) is 42.5 Å². The molecule has 0 bridgehead atoms. The molecule has 0 aliphatic carbocycles. The van der Waals surface area contributed by atoms with Gasteiger partial charge in [0, 0.05) is 12.0 Å². The van der Waals surface area contributed by atoms with Gasteiger partial charge in [-0.2, -0.15) is 0 Å². The molecule has 0 spiro atoms. The van der Waals surface area contributed by atoms with Crippen LogP contribution in [0.5, 0.6) is 69.0 Å². The number of aromatic hydroxyl groups is 11. The fourth-order valence-corrected chi connectivity index (χ4v) is 7.27. The normalized spacial score (nSPS) is 24.8. The standard InChI is InChI=1S/C44H46O26/c1-3-13(2)29(52)28-24(68-44-38(61)35(58)33(56)25(69-44)11-65-41(62)14-4-18(46)30(53)19(47)5-14)10-17(45)27(34(28)57)40-37(60)36(59)39(70-43(64)16-8-22(50)32(55)23(51)9-16)26(67-40)12-66-42(63)15-6-20(48)31(54)21(49)7-15/h4-10,13,25-26,33,35-40,44-51,53-61H,3,11-12H2,1-2H3/t13-,25+,26+,33+,35-,36+,37+,38+,39+,40-,44+/m0/s1. The Kier molecular flexibility index (Phi) is 15.1. The second-order valence-electron chi connectivity index (χ2n) is 16.1. The molecule has 0 amide bonds. The lowest BCUT2D eigenvalue weighted by molar-refractivity contribution is -0.277. The molecular weight excluding hydrogens is 944 g/mol. The van der Waals surface area contributed by atoms with Gasteiger partial charge in [-0.25, -0.2) is 14.4 Å². The van der Waals surface area contributed by atoms with E-state index in [0.29, 0.717) is 30.3 Å². The van der Waals surface area contributed by atoms with E-state index >= 15 is 0 Å². The van der Waals surface area contributed by atoms with E-state index in [-0.39, 0.29) is 6.42 Å². The van der Waals surface area contributed by atoms with E-state index in [1.807, 2.05) is 0 Å². The molecule has 26 heteroatoms. The molecule has 378 valence electrons. The molecule has 2 aliphatic rings. The Labute approximate surface area is 392 Å². The van der Waals surface area contributed by atoms with Crippen molar-refractivity contribution < 1.29 is 129 Å². The quantitative estimate of drug-likeness (QED) is 0.0341. The van der Waals surface area contributed by atoms with Crippen LogP contribution >= 0.6 is 0 Å². The minimum absolute atomic E-state index is 0.0975. The summed E-state index contributed by atoms with van der Waals surface area (Å²) in [6.45, 7) is 0.988. The highest BCUT2D eigenvalue weighted by atomic mass is 16.7. The van der Waals surface area contributed by atoms with Gasteiger partial charge >= 0.3 is 17.9 Å².